The molecule has 2 rings (SSSR count). The van der Waals surface area contributed by atoms with Crippen LogP contribution < -0.4 is 5.32 Å². The van der Waals surface area contributed by atoms with Gasteiger partial charge in [-0.2, -0.15) is 0 Å². The van der Waals surface area contributed by atoms with Gasteiger partial charge in [-0.15, -0.1) is 0 Å². The first-order chi connectivity index (χ1) is 9.14. The van der Waals surface area contributed by atoms with Crippen LogP contribution in [0.15, 0.2) is 30.3 Å². The summed E-state index contributed by atoms with van der Waals surface area (Å²) in [7, 11) is 4.32. The molecule has 2 heteroatoms. The SMILES string of the molecule is CNCC(C)(CN(C)CC1CCC1)c1ccccc1. The molecule has 1 N–H and O–H groups in total. The first-order valence-electron chi connectivity index (χ1n) is 7.53. The molecule has 0 radical (unpaired) electrons. The van der Waals surface area contributed by atoms with E-state index in [9.17, 15) is 0 Å². The first kappa shape index (κ1) is 14.5. The Kier molecular flexibility index (Phi) is 5.00. The Balaban J connectivity index is 2.01. The van der Waals surface area contributed by atoms with Gasteiger partial charge in [0.1, 0.15) is 0 Å². The Bertz CT molecular complexity index is 372. The van der Waals surface area contributed by atoms with Crippen LogP contribution in [0, 0.1) is 5.92 Å². The molecule has 2 nitrogen and oxygen atoms in total. The molecular weight excluding hydrogens is 232 g/mol. The molecule has 1 saturated carbocycles. The quantitative estimate of drug-likeness (QED) is 0.811. The second-order valence-corrected chi connectivity index (χ2v) is 6.45. The Hall–Kier alpha value is -0.860. The molecule has 1 aromatic rings. The van der Waals surface area contributed by atoms with Crippen LogP contribution in [0.4, 0.5) is 0 Å². The van der Waals surface area contributed by atoms with Gasteiger partial charge < -0.3 is 10.2 Å². The van der Waals surface area contributed by atoms with Gasteiger partial charge in [0.2, 0.25) is 0 Å². The minimum atomic E-state index is 0.189. The highest BCUT2D eigenvalue weighted by Gasteiger charge is 2.29. The Morgan fingerprint density at radius 3 is 2.47 bits per heavy atom. The van der Waals surface area contributed by atoms with E-state index in [1.807, 2.05) is 7.05 Å². The fourth-order valence-corrected chi connectivity index (χ4v) is 3.26. The van der Waals surface area contributed by atoms with Crippen LogP contribution in [0.2, 0.25) is 0 Å². The molecule has 1 atom stereocenters. The molecule has 0 aliphatic heterocycles. The second-order valence-electron chi connectivity index (χ2n) is 6.45. The third-order valence-electron chi connectivity index (χ3n) is 4.45. The summed E-state index contributed by atoms with van der Waals surface area (Å²) in [4.78, 5) is 2.52. The van der Waals surface area contributed by atoms with Crippen molar-refractivity contribution in [1.29, 1.82) is 0 Å². The highest BCUT2D eigenvalue weighted by atomic mass is 15.1. The van der Waals surface area contributed by atoms with Crippen LogP contribution in [0.25, 0.3) is 0 Å². The van der Waals surface area contributed by atoms with Crippen molar-refractivity contribution in [1.82, 2.24) is 10.2 Å². The van der Waals surface area contributed by atoms with Crippen LogP contribution in [-0.4, -0.2) is 38.6 Å². The molecule has 0 aromatic heterocycles. The summed E-state index contributed by atoms with van der Waals surface area (Å²) in [6.45, 7) is 5.77. The number of nitrogens with one attached hydrogen (secondary N) is 1. The fraction of sp³-hybridized carbons (Fsp3) is 0.647. The fourth-order valence-electron chi connectivity index (χ4n) is 3.26. The highest BCUT2D eigenvalue weighted by Crippen LogP contribution is 2.29. The van der Waals surface area contributed by atoms with E-state index in [2.05, 4.69) is 54.5 Å². The van der Waals surface area contributed by atoms with Gasteiger partial charge in [-0.1, -0.05) is 43.7 Å². The summed E-state index contributed by atoms with van der Waals surface area (Å²) in [6.07, 6.45) is 4.29. The van der Waals surface area contributed by atoms with Crippen LogP contribution in [-0.2, 0) is 5.41 Å². The number of benzene rings is 1. The molecule has 1 aliphatic rings. The van der Waals surface area contributed by atoms with Gasteiger partial charge in [-0.25, -0.2) is 0 Å². The van der Waals surface area contributed by atoms with Crippen molar-refractivity contribution >= 4 is 0 Å². The summed E-state index contributed by atoms with van der Waals surface area (Å²) in [5.74, 6) is 0.944. The predicted octanol–water partition coefficient (Wildman–Crippen LogP) is 2.90. The van der Waals surface area contributed by atoms with Gasteiger partial charge in [0.15, 0.2) is 0 Å². The minimum Gasteiger partial charge on any atom is -0.319 e. The van der Waals surface area contributed by atoms with Crippen LogP contribution in [0.1, 0.15) is 31.7 Å². The molecular formula is C17H28N2. The Morgan fingerprint density at radius 2 is 1.95 bits per heavy atom. The average Bonchev–Trinajstić information content (AvgIpc) is 2.35. The van der Waals surface area contributed by atoms with Gasteiger partial charge in [0, 0.05) is 25.0 Å². The van der Waals surface area contributed by atoms with Gasteiger partial charge in [0.05, 0.1) is 0 Å². The zero-order valence-electron chi connectivity index (χ0n) is 12.7. The standard InChI is InChI=1S/C17H28N2/c1-17(13-18-2,16-10-5-4-6-11-16)14-19(3)12-15-8-7-9-15/h4-6,10-11,15,18H,7-9,12-14H2,1-3H3. The molecule has 0 saturated heterocycles. The van der Waals surface area contributed by atoms with E-state index >= 15 is 0 Å². The van der Waals surface area contributed by atoms with Crippen molar-refractivity contribution in [3.05, 3.63) is 35.9 Å². The van der Waals surface area contributed by atoms with Crippen molar-refractivity contribution in [2.24, 2.45) is 5.92 Å². The third-order valence-corrected chi connectivity index (χ3v) is 4.45. The number of likely N-dealkylation sites (N-methyl/N-ethyl adjacent to an activating group) is 2. The van der Waals surface area contributed by atoms with Gasteiger partial charge >= 0.3 is 0 Å². The summed E-state index contributed by atoms with van der Waals surface area (Å²) in [6, 6.07) is 10.9. The van der Waals surface area contributed by atoms with Crippen LogP contribution >= 0.6 is 0 Å². The van der Waals surface area contributed by atoms with E-state index in [1.165, 1.54) is 31.4 Å². The maximum atomic E-state index is 3.37. The minimum absolute atomic E-state index is 0.189. The number of hydrogen-bond acceptors (Lipinski definition) is 2. The topological polar surface area (TPSA) is 15.3 Å². The predicted molar refractivity (Wildman–Crippen MR) is 82.6 cm³/mol. The van der Waals surface area contributed by atoms with E-state index in [-0.39, 0.29) is 5.41 Å². The molecule has 106 valence electrons. The first-order valence-corrected chi connectivity index (χ1v) is 7.53. The molecule has 0 bridgehead atoms. The van der Waals surface area contributed by atoms with Crippen LogP contribution in [0.3, 0.4) is 0 Å². The van der Waals surface area contributed by atoms with Gasteiger partial charge in [-0.05, 0) is 38.4 Å². The lowest BCUT2D eigenvalue weighted by Crippen LogP contribution is -2.45. The maximum Gasteiger partial charge on any atom is 0.0176 e. The zero-order chi connectivity index (χ0) is 13.7. The lowest BCUT2D eigenvalue weighted by atomic mass is 9.80. The molecule has 19 heavy (non-hydrogen) atoms. The monoisotopic (exact) mass is 260 g/mol. The largest absolute Gasteiger partial charge is 0.319 e. The third kappa shape index (κ3) is 3.80. The Morgan fingerprint density at radius 1 is 1.26 bits per heavy atom. The molecule has 1 aromatic carbocycles. The van der Waals surface area contributed by atoms with Crippen molar-refractivity contribution in [2.45, 2.75) is 31.6 Å². The van der Waals surface area contributed by atoms with Crippen molar-refractivity contribution in [2.75, 3.05) is 33.7 Å². The van der Waals surface area contributed by atoms with Crippen LogP contribution in [0.5, 0.6) is 0 Å². The lowest BCUT2D eigenvalue weighted by molar-refractivity contribution is 0.175. The summed E-state index contributed by atoms with van der Waals surface area (Å²) in [5.41, 5.74) is 1.62. The highest BCUT2D eigenvalue weighted by molar-refractivity contribution is 5.25. The molecule has 1 fully saturated rings. The van der Waals surface area contributed by atoms with Crippen molar-refractivity contribution < 1.29 is 0 Å². The van der Waals surface area contributed by atoms with E-state index < -0.39 is 0 Å². The molecule has 0 amide bonds. The van der Waals surface area contributed by atoms with E-state index in [1.54, 1.807) is 0 Å². The normalized spacial score (nSPS) is 19.2. The number of rotatable bonds is 7. The van der Waals surface area contributed by atoms with Crippen molar-refractivity contribution in [3.8, 4) is 0 Å². The lowest BCUT2D eigenvalue weighted by Gasteiger charge is -2.37. The summed E-state index contributed by atoms with van der Waals surface area (Å²) in [5, 5.41) is 3.37. The summed E-state index contributed by atoms with van der Waals surface area (Å²) >= 11 is 0. The zero-order valence-corrected chi connectivity index (χ0v) is 12.7. The van der Waals surface area contributed by atoms with Gasteiger partial charge in [0.25, 0.3) is 0 Å². The van der Waals surface area contributed by atoms with E-state index in [0.29, 0.717) is 0 Å². The number of hydrogen-bond donors (Lipinski definition) is 1. The Labute approximate surface area is 118 Å². The molecule has 0 spiro atoms. The molecule has 1 unspecified atom stereocenters. The average molecular weight is 260 g/mol. The maximum absolute atomic E-state index is 3.37. The second kappa shape index (κ2) is 6.53. The van der Waals surface area contributed by atoms with E-state index in [4.69, 9.17) is 0 Å². The number of nitrogens with zero attached hydrogens (tertiary/aromatic N) is 1. The van der Waals surface area contributed by atoms with E-state index in [0.717, 1.165) is 19.0 Å². The molecule has 1 aliphatic carbocycles. The smallest absolute Gasteiger partial charge is 0.0176 e. The molecule has 0 heterocycles. The van der Waals surface area contributed by atoms with Crippen molar-refractivity contribution in [3.63, 3.8) is 0 Å². The summed E-state index contributed by atoms with van der Waals surface area (Å²) < 4.78 is 0. The van der Waals surface area contributed by atoms with Gasteiger partial charge in [-0.3, -0.25) is 0 Å².